The number of nitrogens with zero attached hydrogens (tertiary/aromatic N) is 4. The number of methoxy groups -OCH3 is 1. The second-order valence-corrected chi connectivity index (χ2v) is 8.63. The summed E-state index contributed by atoms with van der Waals surface area (Å²) in [4.78, 5) is 14.6. The van der Waals surface area contributed by atoms with Crippen molar-refractivity contribution in [3.63, 3.8) is 0 Å². The maximum Gasteiger partial charge on any atom is 0.234 e. The summed E-state index contributed by atoms with van der Waals surface area (Å²) in [6.45, 7) is 12.5. The highest BCUT2D eigenvalue weighted by Crippen LogP contribution is 2.22. The summed E-state index contributed by atoms with van der Waals surface area (Å²) in [5.74, 6) is -0.423. The summed E-state index contributed by atoms with van der Waals surface area (Å²) < 4.78 is 38.9. The van der Waals surface area contributed by atoms with Gasteiger partial charge in [0.25, 0.3) is 0 Å². The summed E-state index contributed by atoms with van der Waals surface area (Å²) in [6.07, 6.45) is 0. The van der Waals surface area contributed by atoms with Crippen LogP contribution < -0.4 is 14.8 Å². The molecule has 0 aliphatic rings. The van der Waals surface area contributed by atoms with Gasteiger partial charge in [-0.2, -0.15) is 0 Å². The number of thioether (sulfide) groups is 1. The number of amides is 1. The smallest absolute Gasteiger partial charge is 0.234 e. The van der Waals surface area contributed by atoms with E-state index in [2.05, 4.69) is 41.2 Å². The van der Waals surface area contributed by atoms with Crippen molar-refractivity contribution in [2.24, 2.45) is 0 Å². The molecule has 0 aliphatic carbocycles. The summed E-state index contributed by atoms with van der Waals surface area (Å²) in [5.41, 5.74) is 0.661. The van der Waals surface area contributed by atoms with Gasteiger partial charge in [-0.05, 0) is 63.0 Å². The van der Waals surface area contributed by atoms with Crippen molar-refractivity contribution in [1.29, 1.82) is 0 Å². The molecule has 8 nitrogen and oxygen atoms in total. The van der Waals surface area contributed by atoms with Crippen molar-refractivity contribution in [1.82, 2.24) is 19.7 Å². The molecule has 0 saturated carbocycles. The first-order chi connectivity index (χ1) is 17.8. The Labute approximate surface area is 233 Å². The monoisotopic (exact) mass is 571 g/mol. The molecule has 0 bridgehead atoms. The van der Waals surface area contributed by atoms with Gasteiger partial charge in [0, 0.05) is 18.3 Å². The van der Waals surface area contributed by atoms with Crippen LogP contribution in [0.3, 0.4) is 0 Å². The molecule has 210 valence electrons. The molecule has 2 aromatic carbocycles. The van der Waals surface area contributed by atoms with E-state index in [0.29, 0.717) is 29.0 Å². The van der Waals surface area contributed by atoms with E-state index in [1.54, 1.807) is 35.9 Å². The van der Waals surface area contributed by atoms with Crippen molar-refractivity contribution in [2.75, 3.05) is 37.8 Å². The lowest BCUT2D eigenvalue weighted by atomic mass is 10.3. The third kappa shape index (κ3) is 10.5. The van der Waals surface area contributed by atoms with Gasteiger partial charge >= 0.3 is 0 Å². The Morgan fingerprint density at radius 2 is 1.68 bits per heavy atom. The fourth-order valence-corrected chi connectivity index (χ4v) is 4.08. The number of hydrogen-bond acceptors (Lipinski definition) is 7. The molecule has 38 heavy (non-hydrogen) atoms. The molecule has 12 heteroatoms. The zero-order valence-electron chi connectivity index (χ0n) is 22.4. The molecular weight excluding hydrogens is 536 g/mol. The predicted molar refractivity (Wildman–Crippen MR) is 149 cm³/mol. The van der Waals surface area contributed by atoms with Gasteiger partial charge in [-0.25, -0.2) is 8.78 Å². The van der Waals surface area contributed by atoms with Gasteiger partial charge in [-0.1, -0.05) is 32.5 Å². The number of carbonyl (C=O) groups excluding carboxylic acids is 1. The average molecular weight is 572 g/mol. The first kappa shape index (κ1) is 33.1. The lowest BCUT2D eigenvalue weighted by Gasteiger charge is -2.13. The van der Waals surface area contributed by atoms with Gasteiger partial charge in [0.05, 0.1) is 12.9 Å². The maximum atomic E-state index is 13.7. The quantitative estimate of drug-likeness (QED) is 0.281. The van der Waals surface area contributed by atoms with Crippen LogP contribution in [0.2, 0.25) is 0 Å². The first-order valence-corrected chi connectivity index (χ1v) is 13.1. The minimum absolute atomic E-state index is 0. The summed E-state index contributed by atoms with van der Waals surface area (Å²) in [5, 5.41) is 11.5. The molecular formula is C26H36ClF2N5O3S. The third-order valence-corrected chi connectivity index (χ3v) is 6.37. The van der Waals surface area contributed by atoms with E-state index >= 15 is 0 Å². The van der Waals surface area contributed by atoms with Crippen molar-refractivity contribution < 1.29 is 23.0 Å². The Bertz CT molecular complexity index is 1110. The molecule has 0 unspecified atom stereocenters. The highest BCUT2D eigenvalue weighted by molar-refractivity contribution is 7.99. The number of nitrogens with one attached hydrogen (secondary N) is 1. The van der Waals surface area contributed by atoms with E-state index < -0.39 is 11.6 Å². The standard InChI is InChI=1S/C20H20F2N4O3S.C6H15N.ClH/c1-3-26-18(11-29-17-9-4-13(21)10-16(17)22)24-25-20(26)30-12-19(27)23-14-5-7-15(28-2)8-6-14;1-4-7(5-2)6-3;/h4-10H,3,11-12H2,1-2H3,(H,23,27);4-6H2,1-3H3;1H. The highest BCUT2D eigenvalue weighted by Gasteiger charge is 2.15. The molecule has 1 aromatic heterocycles. The van der Waals surface area contributed by atoms with E-state index in [1.807, 2.05) is 6.92 Å². The van der Waals surface area contributed by atoms with E-state index in [4.69, 9.17) is 9.47 Å². The number of halogens is 3. The second kappa shape index (κ2) is 17.6. The lowest BCUT2D eigenvalue weighted by Crippen LogP contribution is -2.21. The van der Waals surface area contributed by atoms with Crippen molar-refractivity contribution >= 4 is 35.8 Å². The topological polar surface area (TPSA) is 81.5 Å². The van der Waals surface area contributed by atoms with Crippen LogP contribution in [0.1, 0.15) is 33.5 Å². The predicted octanol–water partition coefficient (Wildman–Crippen LogP) is 5.66. The molecule has 0 spiro atoms. The van der Waals surface area contributed by atoms with E-state index in [-0.39, 0.29) is 36.4 Å². The van der Waals surface area contributed by atoms with Crippen LogP contribution in [0.4, 0.5) is 14.5 Å². The second-order valence-electron chi connectivity index (χ2n) is 7.69. The Morgan fingerprint density at radius 3 is 2.21 bits per heavy atom. The zero-order chi connectivity index (χ0) is 27.2. The molecule has 3 aromatic rings. The number of benzene rings is 2. The van der Waals surface area contributed by atoms with E-state index in [0.717, 1.165) is 12.1 Å². The molecule has 0 saturated heterocycles. The average Bonchev–Trinajstić information content (AvgIpc) is 3.30. The van der Waals surface area contributed by atoms with Crippen molar-refractivity contribution in [3.05, 3.63) is 59.9 Å². The minimum atomic E-state index is -0.789. The number of hydrogen-bond donors (Lipinski definition) is 1. The first-order valence-electron chi connectivity index (χ1n) is 12.1. The molecule has 0 atom stereocenters. The number of rotatable bonds is 12. The van der Waals surface area contributed by atoms with Crippen molar-refractivity contribution in [2.45, 2.75) is 46.0 Å². The van der Waals surface area contributed by atoms with Crippen LogP contribution in [-0.2, 0) is 17.9 Å². The zero-order valence-corrected chi connectivity index (χ0v) is 24.0. The van der Waals surface area contributed by atoms with Gasteiger partial charge in [-0.15, -0.1) is 22.6 Å². The van der Waals surface area contributed by atoms with Crippen LogP contribution in [-0.4, -0.2) is 58.1 Å². The molecule has 0 aliphatic heterocycles. The van der Waals surface area contributed by atoms with Crippen LogP contribution in [0.15, 0.2) is 47.6 Å². The van der Waals surface area contributed by atoms with Crippen LogP contribution >= 0.6 is 24.2 Å². The van der Waals surface area contributed by atoms with Crippen molar-refractivity contribution in [3.8, 4) is 11.5 Å². The largest absolute Gasteiger partial charge is 0.497 e. The van der Waals surface area contributed by atoms with E-state index in [1.165, 1.54) is 37.5 Å². The van der Waals surface area contributed by atoms with Gasteiger partial charge in [0.1, 0.15) is 18.2 Å². The van der Waals surface area contributed by atoms with E-state index in [9.17, 15) is 13.6 Å². The Balaban J connectivity index is 0.000000797. The molecule has 0 radical (unpaired) electrons. The normalized spacial score (nSPS) is 10.3. The lowest BCUT2D eigenvalue weighted by molar-refractivity contribution is -0.113. The molecule has 1 heterocycles. The number of anilines is 1. The number of aromatic nitrogens is 3. The third-order valence-electron chi connectivity index (χ3n) is 5.41. The fourth-order valence-electron chi connectivity index (χ4n) is 3.26. The summed E-state index contributed by atoms with van der Waals surface area (Å²) in [6, 6.07) is 10.1. The van der Waals surface area contributed by atoms with Gasteiger partial charge in [0.2, 0.25) is 5.91 Å². The molecule has 3 rings (SSSR count). The van der Waals surface area contributed by atoms with Crippen LogP contribution in [0.25, 0.3) is 0 Å². The molecule has 1 N–H and O–H groups in total. The Morgan fingerprint density at radius 1 is 1.03 bits per heavy atom. The SMILES string of the molecule is CCN(CC)CC.CCn1c(COc2ccc(F)cc2F)nnc1SCC(=O)Nc1ccc(OC)cc1.Cl. The van der Waals surface area contributed by atoms with Crippen LogP contribution in [0.5, 0.6) is 11.5 Å². The number of carbonyl (C=O) groups is 1. The number of ether oxygens (including phenoxy) is 2. The Hall–Kier alpha value is -2.89. The summed E-state index contributed by atoms with van der Waals surface area (Å²) >= 11 is 1.23. The summed E-state index contributed by atoms with van der Waals surface area (Å²) in [7, 11) is 1.57. The van der Waals surface area contributed by atoms with Crippen LogP contribution in [0, 0.1) is 11.6 Å². The van der Waals surface area contributed by atoms with Gasteiger partial charge < -0.3 is 24.3 Å². The highest BCUT2D eigenvalue weighted by atomic mass is 35.5. The molecule has 1 amide bonds. The maximum absolute atomic E-state index is 13.7. The minimum Gasteiger partial charge on any atom is -0.497 e. The van der Waals surface area contributed by atoms with Gasteiger partial charge in [-0.3, -0.25) is 4.79 Å². The fraction of sp³-hybridized carbons (Fsp3) is 0.423. The molecule has 0 fully saturated rings. The van der Waals surface area contributed by atoms with Gasteiger partial charge in [0.15, 0.2) is 22.5 Å². The Kier molecular flexibility index (Phi) is 15.3.